The molecule has 1 fully saturated rings. The second-order valence-corrected chi connectivity index (χ2v) is 4.45. The normalized spacial score (nSPS) is 19.4. The lowest BCUT2D eigenvalue weighted by Gasteiger charge is -2.26. The molecular formula is C11H17N3O6. The molecular weight excluding hydrogens is 270 g/mol. The zero-order chi connectivity index (χ0) is 15.3. The molecule has 0 aromatic carbocycles. The summed E-state index contributed by atoms with van der Waals surface area (Å²) in [5, 5.41) is 20.0. The first kappa shape index (κ1) is 15.9. The Kier molecular flexibility index (Phi) is 5.44. The van der Waals surface area contributed by atoms with Gasteiger partial charge in [0.25, 0.3) is 0 Å². The van der Waals surface area contributed by atoms with E-state index in [2.05, 4.69) is 5.32 Å². The Morgan fingerprint density at radius 2 is 1.95 bits per heavy atom. The fourth-order valence-corrected chi connectivity index (χ4v) is 2.12. The van der Waals surface area contributed by atoms with Crippen molar-refractivity contribution >= 4 is 23.8 Å². The zero-order valence-electron chi connectivity index (χ0n) is 10.7. The van der Waals surface area contributed by atoms with Gasteiger partial charge in [-0.2, -0.15) is 0 Å². The Bertz CT molecular complexity index is 424. The van der Waals surface area contributed by atoms with Gasteiger partial charge in [-0.25, -0.2) is 4.79 Å². The molecule has 2 atom stereocenters. The van der Waals surface area contributed by atoms with Gasteiger partial charge in [0.05, 0.1) is 13.0 Å². The van der Waals surface area contributed by atoms with Crippen molar-refractivity contribution in [2.45, 2.75) is 31.3 Å². The monoisotopic (exact) mass is 287 g/mol. The van der Waals surface area contributed by atoms with Gasteiger partial charge in [0.2, 0.25) is 11.8 Å². The van der Waals surface area contributed by atoms with Crippen LogP contribution in [-0.4, -0.2) is 64.0 Å². The van der Waals surface area contributed by atoms with E-state index in [-0.39, 0.29) is 13.1 Å². The van der Waals surface area contributed by atoms with Crippen molar-refractivity contribution in [3.05, 3.63) is 0 Å². The van der Waals surface area contributed by atoms with E-state index in [1.165, 1.54) is 0 Å². The first-order valence-corrected chi connectivity index (χ1v) is 6.11. The third-order valence-electron chi connectivity index (χ3n) is 3.02. The van der Waals surface area contributed by atoms with E-state index < -0.39 is 42.3 Å². The summed E-state index contributed by atoms with van der Waals surface area (Å²) in [5.41, 5.74) is 5.10. The summed E-state index contributed by atoms with van der Waals surface area (Å²) in [5.74, 6) is -3.79. The van der Waals surface area contributed by atoms with Gasteiger partial charge in [0.1, 0.15) is 12.1 Å². The smallest absolute Gasteiger partial charge is 0.326 e. The molecule has 0 radical (unpaired) electrons. The standard InChI is InChI=1S/C11H17N3O6/c12-5-8(15)13-6(4-9(16)17)10(18)14-3-1-2-7(14)11(19)20/h6-7H,1-5,12H2,(H,13,15)(H,16,17)(H,19,20)/t6-,7+/m0/s1. The molecule has 0 saturated carbocycles. The summed E-state index contributed by atoms with van der Waals surface area (Å²) >= 11 is 0. The highest BCUT2D eigenvalue weighted by molar-refractivity contribution is 5.93. The van der Waals surface area contributed by atoms with Crippen molar-refractivity contribution < 1.29 is 29.4 Å². The van der Waals surface area contributed by atoms with Crippen molar-refractivity contribution in [1.82, 2.24) is 10.2 Å². The molecule has 1 rings (SSSR count). The molecule has 1 aliphatic rings. The molecule has 1 heterocycles. The predicted molar refractivity (Wildman–Crippen MR) is 65.6 cm³/mol. The van der Waals surface area contributed by atoms with Gasteiger partial charge in [-0.3, -0.25) is 14.4 Å². The van der Waals surface area contributed by atoms with Crippen LogP contribution in [0.1, 0.15) is 19.3 Å². The summed E-state index contributed by atoms with van der Waals surface area (Å²) in [7, 11) is 0. The summed E-state index contributed by atoms with van der Waals surface area (Å²) in [6, 6.07) is -2.28. The molecule has 0 spiro atoms. The maximum atomic E-state index is 12.2. The maximum Gasteiger partial charge on any atom is 0.326 e. The van der Waals surface area contributed by atoms with Gasteiger partial charge in [-0.1, -0.05) is 0 Å². The van der Waals surface area contributed by atoms with Gasteiger partial charge in [0, 0.05) is 6.54 Å². The Balaban J connectivity index is 2.83. The minimum atomic E-state index is -1.30. The van der Waals surface area contributed by atoms with E-state index in [4.69, 9.17) is 15.9 Å². The van der Waals surface area contributed by atoms with Crippen LogP contribution in [0.5, 0.6) is 0 Å². The zero-order valence-corrected chi connectivity index (χ0v) is 10.7. The van der Waals surface area contributed by atoms with Gasteiger partial charge in [0.15, 0.2) is 0 Å². The first-order valence-electron chi connectivity index (χ1n) is 6.11. The van der Waals surface area contributed by atoms with Crippen LogP contribution in [0.25, 0.3) is 0 Å². The number of likely N-dealkylation sites (tertiary alicyclic amines) is 1. The lowest BCUT2D eigenvalue weighted by atomic mass is 10.1. The fourth-order valence-electron chi connectivity index (χ4n) is 2.12. The van der Waals surface area contributed by atoms with Crippen molar-refractivity contribution in [3.63, 3.8) is 0 Å². The SMILES string of the molecule is NCC(=O)N[C@@H](CC(=O)O)C(=O)N1CCC[C@@H]1C(=O)O. The number of nitrogens with two attached hydrogens (primary N) is 1. The lowest BCUT2D eigenvalue weighted by molar-refractivity contribution is -0.150. The van der Waals surface area contributed by atoms with Gasteiger partial charge >= 0.3 is 11.9 Å². The predicted octanol–water partition coefficient (Wildman–Crippen LogP) is -2.02. The van der Waals surface area contributed by atoms with Crippen LogP contribution in [0.3, 0.4) is 0 Å². The molecule has 1 saturated heterocycles. The first-order chi connectivity index (χ1) is 9.36. The lowest BCUT2D eigenvalue weighted by Crippen LogP contribution is -2.53. The molecule has 5 N–H and O–H groups in total. The number of aliphatic carboxylic acids is 2. The van der Waals surface area contributed by atoms with Crippen molar-refractivity contribution in [2.24, 2.45) is 5.73 Å². The summed E-state index contributed by atoms with van der Waals surface area (Å²) in [6.07, 6.45) is 0.215. The number of hydrogen-bond donors (Lipinski definition) is 4. The molecule has 0 aliphatic carbocycles. The molecule has 9 nitrogen and oxygen atoms in total. The molecule has 9 heteroatoms. The van der Waals surface area contributed by atoms with Gasteiger partial charge < -0.3 is 26.2 Å². The molecule has 2 amide bonds. The van der Waals surface area contributed by atoms with Crippen LogP contribution >= 0.6 is 0 Å². The van der Waals surface area contributed by atoms with Crippen molar-refractivity contribution in [2.75, 3.05) is 13.1 Å². The number of carbonyl (C=O) groups excluding carboxylic acids is 2. The molecule has 0 aromatic rings. The molecule has 20 heavy (non-hydrogen) atoms. The number of amides is 2. The van der Waals surface area contributed by atoms with E-state index in [9.17, 15) is 19.2 Å². The second-order valence-electron chi connectivity index (χ2n) is 4.45. The fraction of sp³-hybridized carbons (Fsp3) is 0.636. The number of hydrogen-bond acceptors (Lipinski definition) is 5. The van der Waals surface area contributed by atoms with E-state index in [0.29, 0.717) is 12.8 Å². The van der Waals surface area contributed by atoms with Gasteiger partial charge in [-0.15, -0.1) is 0 Å². The van der Waals surface area contributed by atoms with Crippen molar-refractivity contribution in [3.8, 4) is 0 Å². The number of carbonyl (C=O) groups is 4. The average Bonchev–Trinajstić information content (AvgIpc) is 2.85. The quantitative estimate of drug-likeness (QED) is 0.440. The van der Waals surface area contributed by atoms with Crippen LogP contribution in [0.4, 0.5) is 0 Å². The minimum absolute atomic E-state index is 0.227. The number of nitrogens with zero attached hydrogens (tertiary/aromatic N) is 1. The van der Waals surface area contributed by atoms with E-state index >= 15 is 0 Å². The summed E-state index contributed by atoms with van der Waals surface area (Å²) in [4.78, 5) is 46.3. The van der Waals surface area contributed by atoms with Crippen LogP contribution < -0.4 is 11.1 Å². The Hall–Kier alpha value is -2.16. The Morgan fingerprint density at radius 3 is 2.45 bits per heavy atom. The Morgan fingerprint density at radius 1 is 1.30 bits per heavy atom. The summed E-state index contributed by atoms with van der Waals surface area (Å²) in [6.45, 7) is -0.157. The highest BCUT2D eigenvalue weighted by Crippen LogP contribution is 2.19. The molecule has 1 aliphatic heterocycles. The topological polar surface area (TPSA) is 150 Å². The number of rotatable bonds is 6. The summed E-state index contributed by atoms with van der Waals surface area (Å²) < 4.78 is 0. The largest absolute Gasteiger partial charge is 0.481 e. The Labute approximate surface area is 114 Å². The second kappa shape index (κ2) is 6.85. The molecule has 0 bridgehead atoms. The number of carboxylic acids is 2. The van der Waals surface area contributed by atoms with Crippen LogP contribution in [0.2, 0.25) is 0 Å². The minimum Gasteiger partial charge on any atom is -0.481 e. The number of nitrogens with one attached hydrogen (secondary N) is 1. The van der Waals surface area contributed by atoms with Crippen molar-refractivity contribution in [1.29, 1.82) is 0 Å². The average molecular weight is 287 g/mol. The molecule has 0 unspecified atom stereocenters. The van der Waals surface area contributed by atoms with Crippen LogP contribution in [0, 0.1) is 0 Å². The van der Waals surface area contributed by atoms with E-state index in [1.807, 2.05) is 0 Å². The van der Waals surface area contributed by atoms with E-state index in [1.54, 1.807) is 0 Å². The molecule has 0 aromatic heterocycles. The van der Waals surface area contributed by atoms with Gasteiger partial charge in [-0.05, 0) is 12.8 Å². The van der Waals surface area contributed by atoms with E-state index in [0.717, 1.165) is 4.90 Å². The highest BCUT2D eigenvalue weighted by Gasteiger charge is 2.38. The third-order valence-corrected chi connectivity index (χ3v) is 3.02. The highest BCUT2D eigenvalue weighted by atomic mass is 16.4. The third kappa shape index (κ3) is 3.92. The van der Waals surface area contributed by atoms with Crippen LogP contribution in [0.15, 0.2) is 0 Å². The molecule has 112 valence electrons. The maximum absolute atomic E-state index is 12.2. The van der Waals surface area contributed by atoms with Crippen LogP contribution in [-0.2, 0) is 19.2 Å². The number of carboxylic acid groups (broad SMARTS) is 2.